The summed E-state index contributed by atoms with van der Waals surface area (Å²) in [6, 6.07) is 3.31. The number of aliphatic hydroxyl groups is 1. The van der Waals surface area contributed by atoms with Crippen molar-refractivity contribution in [1.82, 2.24) is 4.90 Å². The van der Waals surface area contributed by atoms with Gasteiger partial charge in [-0.3, -0.25) is 14.5 Å². The van der Waals surface area contributed by atoms with E-state index in [1.165, 1.54) is 12.1 Å². The average molecular weight is 320 g/mol. The van der Waals surface area contributed by atoms with E-state index in [4.69, 9.17) is 15.3 Å². The fourth-order valence-electron chi connectivity index (χ4n) is 2.02. The molecule has 1 aromatic carbocycles. The number of carbonyl (C=O) groups excluding carboxylic acids is 2. The molecule has 0 atom stereocenters. The first-order valence-electron chi connectivity index (χ1n) is 6.41. The van der Waals surface area contributed by atoms with Gasteiger partial charge in [-0.2, -0.15) is 0 Å². The number of carbonyl (C=O) groups is 4. The molecule has 0 fully saturated rings. The molecule has 1 aliphatic heterocycles. The van der Waals surface area contributed by atoms with Crippen LogP contribution in [-0.4, -0.2) is 57.1 Å². The Morgan fingerprint density at radius 1 is 1.13 bits per heavy atom. The molecule has 2 amide bonds. The van der Waals surface area contributed by atoms with E-state index in [1.54, 1.807) is 0 Å². The zero-order valence-electron chi connectivity index (χ0n) is 11.6. The Bertz CT molecular complexity index is 739. The van der Waals surface area contributed by atoms with Crippen molar-refractivity contribution in [2.75, 3.05) is 18.5 Å². The highest BCUT2D eigenvalue weighted by atomic mass is 16.4. The van der Waals surface area contributed by atoms with E-state index in [1.807, 2.05) is 0 Å². The van der Waals surface area contributed by atoms with Crippen molar-refractivity contribution in [2.24, 2.45) is 0 Å². The summed E-state index contributed by atoms with van der Waals surface area (Å²) in [5.74, 6) is -4.02. The summed E-state index contributed by atoms with van der Waals surface area (Å²) in [7, 11) is 0. The molecule has 1 aliphatic rings. The van der Waals surface area contributed by atoms with Crippen LogP contribution in [0.5, 0.6) is 0 Å². The second-order valence-electron chi connectivity index (χ2n) is 4.57. The van der Waals surface area contributed by atoms with Crippen molar-refractivity contribution in [3.8, 4) is 0 Å². The minimum absolute atomic E-state index is 0.0271. The zero-order valence-corrected chi connectivity index (χ0v) is 11.6. The SMILES string of the molecule is O=C(O)c1ccc(NC2=CC(=O)N(CCO)C2=O)c(C(=O)O)c1. The standard InChI is InChI=1S/C14H12N2O7/c17-4-3-16-11(18)6-10(12(16)19)15-9-2-1-7(13(20)21)5-8(9)14(22)23/h1-2,5-6,15,17H,3-4H2,(H,20,21)(H,22,23). The molecular formula is C14H12N2O7. The van der Waals surface area contributed by atoms with Crippen LogP contribution in [-0.2, 0) is 9.59 Å². The van der Waals surface area contributed by atoms with E-state index in [-0.39, 0.29) is 29.1 Å². The largest absolute Gasteiger partial charge is 0.478 e. The molecule has 0 aliphatic carbocycles. The summed E-state index contributed by atoms with van der Waals surface area (Å²) < 4.78 is 0. The summed E-state index contributed by atoms with van der Waals surface area (Å²) in [4.78, 5) is 46.5. The Labute approximate surface area is 129 Å². The van der Waals surface area contributed by atoms with Gasteiger partial charge in [0, 0.05) is 6.08 Å². The van der Waals surface area contributed by atoms with Gasteiger partial charge in [-0.15, -0.1) is 0 Å². The second-order valence-corrected chi connectivity index (χ2v) is 4.57. The van der Waals surface area contributed by atoms with Crippen LogP contribution in [0.25, 0.3) is 0 Å². The lowest BCUT2D eigenvalue weighted by atomic mass is 10.1. The molecular weight excluding hydrogens is 308 g/mol. The third kappa shape index (κ3) is 3.19. The number of anilines is 1. The predicted octanol–water partition coefficient (Wildman–Crippen LogP) is -0.260. The molecule has 0 saturated carbocycles. The van der Waals surface area contributed by atoms with Crippen molar-refractivity contribution in [3.05, 3.63) is 41.1 Å². The molecule has 23 heavy (non-hydrogen) atoms. The number of hydrogen-bond acceptors (Lipinski definition) is 6. The van der Waals surface area contributed by atoms with Crippen LogP contribution < -0.4 is 5.32 Å². The topological polar surface area (TPSA) is 144 Å². The highest BCUT2D eigenvalue weighted by Gasteiger charge is 2.31. The van der Waals surface area contributed by atoms with Gasteiger partial charge in [-0.05, 0) is 18.2 Å². The number of imide groups is 1. The number of nitrogens with one attached hydrogen (secondary N) is 1. The van der Waals surface area contributed by atoms with Gasteiger partial charge >= 0.3 is 11.9 Å². The molecule has 0 saturated heterocycles. The Hall–Kier alpha value is -3.20. The van der Waals surface area contributed by atoms with Crippen LogP contribution >= 0.6 is 0 Å². The van der Waals surface area contributed by atoms with Crippen LogP contribution in [0.2, 0.25) is 0 Å². The van der Waals surface area contributed by atoms with Gasteiger partial charge in [0.15, 0.2) is 0 Å². The minimum Gasteiger partial charge on any atom is -0.478 e. The van der Waals surface area contributed by atoms with Crippen LogP contribution in [0, 0.1) is 0 Å². The average Bonchev–Trinajstić information content (AvgIpc) is 2.75. The fourth-order valence-corrected chi connectivity index (χ4v) is 2.02. The number of carboxylic acid groups (broad SMARTS) is 2. The van der Waals surface area contributed by atoms with E-state index in [2.05, 4.69) is 5.32 Å². The van der Waals surface area contributed by atoms with Crippen LogP contribution in [0.3, 0.4) is 0 Å². The van der Waals surface area contributed by atoms with Gasteiger partial charge in [-0.25, -0.2) is 9.59 Å². The third-order valence-corrected chi connectivity index (χ3v) is 3.10. The Balaban J connectivity index is 2.32. The number of amides is 2. The Morgan fingerprint density at radius 3 is 2.39 bits per heavy atom. The molecule has 0 spiro atoms. The lowest BCUT2D eigenvalue weighted by Gasteiger charge is -2.14. The number of nitrogens with zero attached hydrogens (tertiary/aromatic N) is 1. The van der Waals surface area contributed by atoms with Crippen molar-refractivity contribution >= 4 is 29.4 Å². The van der Waals surface area contributed by atoms with E-state index < -0.39 is 30.4 Å². The highest BCUT2D eigenvalue weighted by Crippen LogP contribution is 2.22. The summed E-state index contributed by atoms with van der Waals surface area (Å²) in [6.07, 6.45) is 0.981. The molecule has 0 aromatic heterocycles. The van der Waals surface area contributed by atoms with Gasteiger partial charge in [0.2, 0.25) is 0 Å². The lowest BCUT2D eigenvalue weighted by Crippen LogP contribution is -2.34. The molecule has 2 rings (SSSR count). The normalized spacial score (nSPS) is 14.0. The number of β-amino-alcohol motifs (C(OH)–C–C–N with tert-alkyl or cyclic N) is 1. The van der Waals surface area contributed by atoms with Gasteiger partial charge in [0.25, 0.3) is 11.8 Å². The smallest absolute Gasteiger partial charge is 0.337 e. The van der Waals surface area contributed by atoms with Gasteiger partial charge < -0.3 is 20.6 Å². The summed E-state index contributed by atoms with van der Waals surface area (Å²) in [6.45, 7) is -0.574. The third-order valence-electron chi connectivity index (χ3n) is 3.10. The first-order valence-corrected chi connectivity index (χ1v) is 6.41. The Morgan fingerprint density at radius 2 is 1.83 bits per heavy atom. The first kappa shape index (κ1) is 16.2. The van der Waals surface area contributed by atoms with Crippen LogP contribution in [0.15, 0.2) is 30.0 Å². The highest BCUT2D eigenvalue weighted by molar-refractivity contribution is 6.17. The number of aromatic carboxylic acids is 2. The second kappa shape index (κ2) is 6.28. The molecule has 1 heterocycles. The molecule has 0 radical (unpaired) electrons. The number of benzene rings is 1. The fraction of sp³-hybridized carbons (Fsp3) is 0.143. The van der Waals surface area contributed by atoms with Crippen molar-refractivity contribution in [3.63, 3.8) is 0 Å². The lowest BCUT2D eigenvalue weighted by molar-refractivity contribution is -0.137. The minimum atomic E-state index is -1.39. The molecule has 9 nitrogen and oxygen atoms in total. The number of hydrogen-bond donors (Lipinski definition) is 4. The van der Waals surface area contributed by atoms with Gasteiger partial charge in [-0.1, -0.05) is 0 Å². The molecule has 0 unspecified atom stereocenters. The van der Waals surface area contributed by atoms with Crippen LogP contribution in [0.4, 0.5) is 5.69 Å². The monoisotopic (exact) mass is 320 g/mol. The maximum absolute atomic E-state index is 12.0. The number of rotatable bonds is 6. The summed E-state index contributed by atoms with van der Waals surface area (Å²) in [5.41, 5.74) is -0.765. The molecule has 1 aromatic rings. The predicted molar refractivity (Wildman–Crippen MR) is 75.9 cm³/mol. The quantitative estimate of drug-likeness (QED) is 0.525. The van der Waals surface area contributed by atoms with E-state index >= 15 is 0 Å². The summed E-state index contributed by atoms with van der Waals surface area (Å²) in [5, 5.41) is 29.4. The number of aliphatic hydroxyl groups excluding tert-OH is 1. The molecule has 4 N–H and O–H groups in total. The number of carboxylic acids is 2. The molecule has 0 bridgehead atoms. The van der Waals surface area contributed by atoms with Crippen molar-refractivity contribution in [1.29, 1.82) is 0 Å². The van der Waals surface area contributed by atoms with Crippen molar-refractivity contribution in [2.45, 2.75) is 0 Å². The Kier molecular flexibility index (Phi) is 4.42. The van der Waals surface area contributed by atoms with Gasteiger partial charge in [0.1, 0.15) is 5.70 Å². The van der Waals surface area contributed by atoms with E-state index in [0.29, 0.717) is 0 Å². The first-order chi connectivity index (χ1) is 10.8. The van der Waals surface area contributed by atoms with Gasteiger partial charge in [0.05, 0.1) is 30.0 Å². The maximum atomic E-state index is 12.0. The maximum Gasteiger partial charge on any atom is 0.337 e. The zero-order chi connectivity index (χ0) is 17.1. The van der Waals surface area contributed by atoms with Crippen LogP contribution in [0.1, 0.15) is 20.7 Å². The summed E-state index contributed by atoms with van der Waals surface area (Å²) >= 11 is 0. The molecule has 120 valence electrons. The van der Waals surface area contributed by atoms with Crippen molar-refractivity contribution < 1.29 is 34.5 Å². The van der Waals surface area contributed by atoms with E-state index in [0.717, 1.165) is 17.0 Å². The molecule has 9 heteroatoms. The van der Waals surface area contributed by atoms with E-state index in [9.17, 15) is 19.2 Å².